The van der Waals surface area contributed by atoms with Gasteiger partial charge in [0.1, 0.15) is 0 Å². The van der Waals surface area contributed by atoms with E-state index in [1.165, 1.54) is 0 Å². The number of sulfonamides is 1. The third-order valence-corrected chi connectivity index (χ3v) is 4.33. The van der Waals surface area contributed by atoms with Crippen molar-refractivity contribution >= 4 is 26.0 Å². The molecule has 0 aromatic heterocycles. The van der Waals surface area contributed by atoms with Gasteiger partial charge in [0.2, 0.25) is 0 Å². The van der Waals surface area contributed by atoms with Crippen molar-refractivity contribution in [3.8, 4) is 0 Å². The number of nitrogens with one attached hydrogen (secondary N) is 1. The minimum atomic E-state index is -3.42. The third-order valence-electron chi connectivity index (χ3n) is 2.46. The Kier molecular flexibility index (Phi) is 3.63. The molecule has 1 aliphatic rings. The first-order chi connectivity index (χ1) is 7.58. The normalized spacial score (nSPS) is 17.8. The van der Waals surface area contributed by atoms with E-state index in [0.717, 1.165) is 30.4 Å². The Labute approximate surface area is 104 Å². The zero-order chi connectivity index (χ0) is 11.6. The topological polar surface area (TPSA) is 49.4 Å². The first-order valence-electron chi connectivity index (χ1n) is 5.11. The molecule has 0 aliphatic carbocycles. The maximum atomic E-state index is 12.0. The summed E-state index contributed by atoms with van der Waals surface area (Å²) in [6.07, 6.45) is 2.09. The summed E-state index contributed by atoms with van der Waals surface area (Å²) in [4.78, 5) is 2.87. The van der Waals surface area contributed by atoms with Crippen molar-refractivity contribution in [3.05, 3.63) is 28.7 Å². The lowest BCUT2D eigenvalue weighted by Crippen LogP contribution is -2.39. The number of nitrogens with zero attached hydrogens (tertiary/aromatic N) is 1. The lowest BCUT2D eigenvalue weighted by Gasteiger charge is -2.16. The summed E-state index contributed by atoms with van der Waals surface area (Å²) >= 11 is 3.26. The minimum Gasteiger partial charge on any atom is -0.230 e. The van der Waals surface area contributed by atoms with Crippen LogP contribution < -0.4 is 4.83 Å². The summed E-state index contributed by atoms with van der Waals surface area (Å²) in [6, 6.07) is 6.69. The van der Waals surface area contributed by atoms with E-state index < -0.39 is 10.0 Å². The molecule has 1 saturated heterocycles. The van der Waals surface area contributed by atoms with Gasteiger partial charge in [-0.3, -0.25) is 0 Å². The van der Waals surface area contributed by atoms with Crippen LogP contribution in [0, 0.1) is 0 Å². The van der Waals surface area contributed by atoms with E-state index in [1.807, 2.05) is 0 Å². The van der Waals surface area contributed by atoms with Crippen molar-refractivity contribution in [2.24, 2.45) is 0 Å². The van der Waals surface area contributed by atoms with Crippen LogP contribution in [-0.4, -0.2) is 26.5 Å². The molecule has 1 aliphatic heterocycles. The summed E-state index contributed by atoms with van der Waals surface area (Å²) in [6.45, 7) is 1.57. The highest BCUT2D eigenvalue weighted by molar-refractivity contribution is 9.10. The van der Waals surface area contributed by atoms with Gasteiger partial charge in [-0.1, -0.05) is 22.0 Å². The van der Waals surface area contributed by atoms with Gasteiger partial charge in [0.05, 0.1) is 4.90 Å². The summed E-state index contributed by atoms with van der Waals surface area (Å²) in [5.41, 5.74) is 0. The Morgan fingerprint density at radius 1 is 1.25 bits per heavy atom. The molecule has 1 aromatic rings. The molecule has 4 nitrogen and oxygen atoms in total. The molecule has 0 atom stereocenters. The average molecular weight is 305 g/mol. The molecule has 1 heterocycles. The Hall–Kier alpha value is -0.430. The smallest absolute Gasteiger partial charge is 0.230 e. The lowest BCUT2D eigenvalue weighted by molar-refractivity contribution is 0.300. The molecule has 1 aromatic carbocycles. The molecular weight excluding hydrogens is 292 g/mol. The maximum Gasteiger partial charge on any atom is 0.253 e. The highest BCUT2D eigenvalue weighted by Crippen LogP contribution is 2.16. The van der Waals surface area contributed by atoms with E-state index >= 15 is 0 Å². The Balaban J connectivity index is 2.18. The summed E-state index contributed by atoms with van der Waals surface area (Å²) in [5, 5.41) is 1.75. The van der Waals surface area contributed by atoms with Gasteiger partial charge in [0, 0.05) is 17.6 Å². The van der Waals surface area contributed by atoms with E-state index in [9.17, 15) is 8.42 Å². The summed E-state index contributed by atoms with van der Waals surface area (Å²) in [7, 11) is -3.42. The zero-order valence-corrected chi connectivity index (χ0v) is 11.1. The Morgan fingerprint density at radius 3 is 2.56 bits per heavy atom. The van der Waals surface area contributed by atoms with Gasteiger partial charge in [-0.15, -0.1) is 4.83 Å². The molecule has 0 saturated carbocycles. The molecule has 0 spiro atoms. The second kappa shape index (κ2) is 4.83. The van der Waals surface area contributed by atoms with Crippen molar-refractivity contribution in [2.45, 2.75) is 17.7 Å². The van der Waals surface area contributed by atoms with Gasteiger partial charge in [-0.05, 0) is 31.0 Å². The van der Waals surface area contributed by atoms with Crippen molar-refractivity contribution in [2.75, 3.05) is 13.1 Å². The number of hydrazine groups is 1. The molecule has 16 heavy (non-hydrogen) atoms. The van der Waals surface area contributed by atoms with E-state index in [1.54, 1.807) is 29.3 Å². The standard InChI is InChI=1S/C10H13BrN2O2S/c11-9-4-3-5-10(8-9)16(14,15)12-13-6-1-2-7-13/h3-5,8,12H,1-2,6-7H2. The quantitative estimate of drug-likeness (QED) is 0.925. The fourth-order valence-electron chi connectivity index (χ4n) is 1.67. The minimum absolute atomic E-state index is 0.286. The highest BCUT2D eigenvalue weighted by atomic mass is 79.9. The summed E-state index contributed by atoms with van der Waals surface area (Å²) in [5.74, 6) is 0. The van der Waals surface area contributed by atoms with Crippen molar-refractivity contribution < 1.29 is 8.42 Å². The molecule has 88 valence electrons. The molecule has 2 rings (SSSR count). The lowest BCUT2D eigenvalue weighted by atomic mass is 10.4. The molecule has 1 N–H and O–H groups in total. The second-order valence-corrected chi connectivity index (χ2v) is 6.32. The van der Waals surface area contributed by atoms with E-state index in [0.29, 0.717) is 0 Å². The van der Waals surface area contributed by atoms with Crippen LogP contribution in [0.15, 0.2) is 33.6 Å². The molecule has 0 radical (unpaired) electrons. The van der Waals surface area contributed by atoms with Gasteiger partial charge >= 0.3 is 0 Å². The van der Waals surface area contributed by atoms with Gasteiger partial charge in [-0.25, -0.2) is 13.4 Å². The van der Waals surface area contributed by atoms with Crippen LogP contribution in [0.3, 0.4) is 0 Å². The third kappa shape index (κ3) is 2.82. The van der Waals surface area contributed by atoms with E-state index in [2.05, 4.69) is 20.8 Å². The van der Waals surface area contributed by atoms with Crippen LogP contribution in [-0.2, 0) is 10.0 Å². The molecule has 6 heteroatoms. The van der Waals surface area contributed by atoms with Crippen LogP contribution in [0.2, 0.25) is 0 Å². The van der Waals surface area contributed by atoms with Crippen molar-refractivity contribution in [1.82, 2.24) is 9.84 Å². The molecular formula is C10H13BrN2O2S. The SMILES string of the molecule is O=S(=O)(NN1CCCC1)c1cccc(Br)c1. The zero-order valence-electron chi connectivity index (χ0n) is 8.69. The van der Waals surface area contributed by atoms with Crippen LogP contribution in [0.4, 0.5) is 0 Å². The summed E-state index contributed by atoms with van der Waals surface area (Å²) < 4.78 is 24.7. The Morgan fingerprint density at radius 2 is 1.94 bits per heavy atom. The second-order valence-electron chi connectivity index (χ2n) is 3.75. The number of rotatable bonds is 3. The maximum absolute atomic E-state index is 12.0. The van der Waals surface area contributed by atoms with Crippen molar-refractivity contribution in [3.63, 3.8) is 0 Å². The number of hydrogen-bond acceptors (Lipinski definition) is 3. The van der Waals surface area contributed by atoms with Gasteiger partial charge in [0.25, 0.3) is 10.0 Å². The van der Waals surface area contributed by atoms with Gasteiger partial charge in [-0.2, -0.15) is 0 Å². The average Bonchev–Trinajstić information content (AvgIpc) is 2.70. The fourth-order valence-corrected chi connectivity index (χ4v) is 3.38. The number of benzene rings is 1. The molecule has 0 amide bonds. The first kappa shape index (κ1) is 12.0. The van der Waals surface area contributed by atoms with Crippen LogP contribution >= 0.6 is 15.9 Å². The molecule has 0 bridgehead atoms. The van der Waals surface area contributed by atoms with E-state index in [-0.39, 0.29) is 4.90 Å². The van der Waals surface area contributed by atoms with Gasteiger partial charge < -0.3 is 0 Å². The highest BCUT2D eigenvalue weighted by Gasteiger charge is 2.20. The molecule has 1 fully saturated rings. The van der Waals surface area contributed by atoms with E-state index in [4.69, 9.17) is 0 Å². The number of hydrogen-bond donors (Lipinski definition) is 1. The predicted molar refractivity (Wildman–Crippen MR) is 65.3 cm³/mol. The fraction of sp³-hybridized carbons (Fsp3) is 0.400. The first-order valence-corrected chi connectivity index (χ1v) is 7.38. The Bertz CT molecular complexity index is 469. The predicted octanol–water partition coefficient (Wildman–Crippen LogP) is 1.74. The van der Waals surface area contributed by atoms with Gasteiger partial charge in [0.15, 0.2) is 0 Å². The largest absolute Gasteiger partial charge is 0.253 e. The van der Waals surface area contributed by atoms with Crippen LogP contribution in [0.1, 0.15) is 12.8 Å². The monoisotopic (exact) mass is 304 g/mol. The number of halogens is 1. The van der Waals surface area contributed by atoms with Crippen LogP contribution in [0.25, 0.3) is 0 Å². The van der Waals surface area contributed by atoms with Crippen molar-refractivity contribution in [1.29, 1.82) is 0 Å². The molecule has 0 unspecified atom stereocenters. The van der Waals surface area contributed by atoms with Crippen LogP contribution in [0.5, 0.6) is 0 Å².